The van der Waals surface area contributed by atoms with E-state index < -0.39 is 30.2 Å². The Labute approximate surface area is 148 Å². The Balaban J connectivity index is 1.90. The molecule has 0 saturated heterocycles. The maximum Gasteiger partial charge on any atom is 0.405 e. The summed E-state index contributed by atoms with van der Waals surface area (Å²) in [6.07, 6.45) is -0.905. The highest BCUT2D eigenvalue weighted by Crippen LogP contribution is 2.38. The molecule has 0 aromatic heterocycles. The minimum Gasteiger partial charge on any atom is -0.329 e. The van der Waals surface area contributed by atoms with Crippen molar-refractivity contribution in [3.8, 4) is 0 Å². The van der Waals surface area contributed by atoms with Crippen molar-refractivity contribution in [1.29, 1.82) is 0 Å². The van der Waals surface area contributed by atoms with Gasteiger partial charge < -0.3 is 5.32 Å². The van der Waals surface area contributed by atoms with Gasteiger partial charge in [0.05, 0.1) is 6.54 Å². The van der Waals surface area contributed by atoms with Crippen molar-refractivity contribution < 1.29 is 22.8 Å². The van der Waals surface area contributed by atoms with Crippen LogP contribution in [0.1, 0.15) is 31.2 Å². The molecular formula is C16H19ClF3N3O2. The maximum atomic E-state index is 12.0. The van der Waals surface area contributed by atoms with Gasteiger partial charge in [-0.1, -0.05) is 36.6 Å². The van der Waals surface area contributed by atoms with E-state index in [4.69, 9.17) is 11.6 Å². The highest BCUT2D eigenvalue weighted by Gasteiger charge is 2.35. The van der Waals surface area contributed by atoms with Crippen LogP contribution in [0.4, 0.5) is 18.0 Å². The third-order valence-corrected chi connectivity index (χ3v) is 4.40. The molecule has 0 aliphatic heterocycles. The van der Waals surface area contributed by atoms with E-state index >= 15 is 0 Å². The summed E-state index contributed by atoms with van der Waals surface area (Å²) in [5.41, 5.74) is 0.591. The smallest absolute Gasteiger partial charge is 0.329 e. The number of carbonyl (C=O) groups is 2. The SMILES string of the molecule is O=C(CNC1(c2ccc(Cl)cc2)CCCC1)NC(=O)NCC(F)(F)F. The summed E-state index contributed by atoms with van der Waals surface area (Å²) < 4.78 is 36.1. The number of hydrogen-bond acceptors (Lipinski definition) is 3. The first-order chi connectivity index (χ1) is 11.7. The van der Waals surface area contributed by atoms with Gasteiger partial charge in [-0.2, -0.15) is 13.2 Å². The first-order valence-electron chi connectivity index (χ1n) is 7.86. The maximum absolute atomic E-state index is 12.0. The Morgan fingerprint density at radius 2 is 1.72 bits per heavy atom. The molecule has 1 aliphatic rings. The number of rotatable bonds is 5. The molecule has 0 unspecified atom stereocenters. The summed E-state index contributed by atoms with van der Waals surface area (Å²) in [7, 11) is 0. The van der Waals surface area contributed by atoms with Gasteiger partial charge in [-0.15, -0.1) is 0 Å². The molecule has 1 aromatic rings. The van der Waals surface area contributed by atoms with E-state index in [2.05, 4.69) is 5.32 Å². The molecule has 5 nitrogen and oxygen atoms in total. The minimum atomic E-state index is -4.53. The van der Waals surface area contributed by atoms with Crippen molar-refractivity contribution in [2.45, 2.75) is 37.4 Å². The molecule has 0 atom stereocenters. The Morgan fingerprint density at radius 1 is 1.12 bits per heavy atom. The van der Waals surface area contributed by atoms with Gasteiger partial charge >= 0.3 is 12.2 Å². The first-order valence-corrected chi connectivity index (χ1v) is 8.23. The van der Waals surface area contributed by atoms with Crippen LogP contribution in [0.5, 0.6) is 0 Å². The quantitative estimate of drug-likeness (QED) is 0.738. The van der Waals surface area contributed by atoms with Gasteiger partial charge in [0.25, 0.3) is 0 Å². The molecule has 1 saturated carbocycles. The highest BCUT2D eigenvalue weighted by atomic mass is 35.5. The molecule has 2 rings (SSSR count). The second-order valence-electron chi connectivity index (χ2n) is 6.00. The lowest BCUT2D eigenvalue weighted by molar-refractivity contribution is -0.124. The van der Waals surface area contributed by atoms with E-state index in [0.717, 1.165) is 31.2 Å². The van der Waals surface area contributed by atoms with Crippen LogP contribution in [0.15, 0.2) is 24.3 Å². The number of halogens is 4. The predicted octanol–water partition coefficient (Wildman–Crippen LogP) is 3.09. The number of urea groups is 1. The Bertz CT molecular complexity index is 614. The zero-order chi connectivity index (χ0) is 18.5. The van der Waals surface area contributed by atoms with Crippen LogP contribution >= 0.6 is 11.6 Å². The van der Waals surface area contributed by atoms with Crippen molar-refractivity contribution in [2.75, 3.05) is 13.1 Å². The van der Waals surface area contributed by atoms with E-state index in [-0.39, 0.29) is 6.54 Å². The van der Waals surface area contributed by atoms with E-state index in [1.807, 2.05) is 17.4 Å². The van der Waals surface area contributed by atoms with E-state index in [0.29, 0.717) is 5.02 Å². The largest absolute Gasteiger partial charge is 0.405 e. The van der Waals surface area contributed by atoms with Crippen LogP contribution in [0.2, 0.25) is 5.02 Å². The molecule has 9 heteroatoms. The summed E-state index contributed by atoms with van der Waals surface area (Å²) in [6.45, 7) is -1.67. The molecule has 0 heterocycles. The number of nitrogens with one attached hydrogen (secondary N) is 3. The lowest BCUT2D eigenvalue weighted by atomic mass is 9.88. The first kappa shape index (κ1) is 19.5. The van der Waals surface area contributed by atoms with Crippen LogP contribution in [0.25, 0.3) is 0 Å². The molecule has 1 aliphatic carbocycles. The van der Waals surface area contributed by atoms with E-state index in [1.54, 1.807) is 17.4 Å². The van der Waals surface area contributed by atoms with Gasteiger partial charge in [0.15, 0.2) is 0 Å². The monoisotopic (exact) mass is 377 g/mol. The lowest BCUT2D eigenvalue weighted by Crippen LogP contribution is -2.49. The fraction of sp³-hybridized carbons (Fsp3) is 0.500. The molecule has 0 radical (unpaired) electrons. The Morgan fingerprint density at radius 3 is 2.28 bits per heavy atom. The number of amides is 3. The average Bonchev–Trinajstić information content (AvgIpc) is 3.01. The molecule has 3 amide bonds. The van der Waals surface area contributed by atoms with Crippen molar-refractivity contribution in [2.24, 2.45) is 0 Å². The summed E-state index contributed by atoms with van der Waals surface area (Å²) in [4.78, 5) is 23.1. The predicted molar refractivity (Wildman–Crippen MR) is 87.2 cm³/mol. The Kier molecular flexibility index (Phi) is 6.29. The highest BCUT2D eigenvalue weighted by molar-refractivity contribution is 6.30. The molecule has 138 valence electrons. The Hall–Kier alpha value is -1.80. The van der Waals surface area contributed by atoms with Crippen LogP contribution in [0.3, 0.4) is 0 Å². The van der Waals surface area contributed by atoms with Crippen LogP contribution in [-0.2, 0) is 10.3 Å². The molecule has 1 fully saturated rings. The molecule has 25 heavy (non-hydrogen) atoms. The van der Waals surface area contributed by atoms with Gasteiger partial charge in [-0.05, 0) is 30.5 Å². The standard InChI is InChI=1S/C16H19ClF3N3O2/c17-12-5-3-11(4-6-12)15(7-1-2-8-15)22-9-13(24)23-14(25)21-10-16(18,19)20/h3-6,22H,1-2,7-10H2,(H2,21,23,24,25). The number of imide groups is 1. The van der Waals surface area contributed by atoms with Crippen LogP contribution in [-0.4, -0.2) is 31.2 Å². The molecular weight excluding hydrogens is 359 g/mol. The number of carbonyl (C=O) groups excluding carboxylic acids is 2. The normalized spacial score (nSPS) is 16.5. The summed E-state index contributed by atoms with van der Waals surface area (Å²) >= 11 is 5.90. The fourth-order valence-corrected chi connectivity index (χ4v) is 3.09. The second-order valence-corrected chi connectivity index (χ2v) is 6.43. The van der Waals surface area contributed by atoms with Crippen LogP contribution < -0.4 is 16.0 Å². The molecule has 3 N–H and O–H groups in total. The van der Waals surface area contributed by atoms with Crippen molar-refractivity contribution in [3.63, 3.8) is 0 Å². The van der Waals surface area contributed by atoms with E-state index in [1.165, 1.54) is 0 Å². The second kappa shape index (κ2) is 8.05. The third kappa shape index (κ3) is 5.89. The lowest BCUT2D eigenvalue weighted by Gasteiger charge is -2.31. The topological polar surface area (TPSA) is 70.2 Å². The van der Waals surface area contributed by atoms with Crippen LogP contribution in [0, 0.1) is 0 Å². The molecule has 0 spiro atoms. The van der Waals surface area contributed by atoms with Gasteiger partial charge in [0, 0.05) is 10.6 Å². The zero-order valence-corrected chi connectivity index (χ0v) is 14.1. The average molecular weight is 378 g/mol. The molecule has 1 aromatic carbocycles. The number of alkyl halides is 3. The minimum absolute atomic E-state index is 0.179. The summed E-state index contributed by atoms with van der Waals surface area (Å²) in [5, 5.41) is 7.23. The molecule has 0 bridgehead atoms. The van der Waals surface area contributed by atoms with Gasteiger partial charge in [-0.25, -0.2) is 4.79 Å². The summed E-state index contributed by atoms with van der Waals surface area (Å²) in [6, 6.07) is 6.13. The van der Waals surface area contributed by atoms with Crippen molar-refractivity contribution >= 4 is 23.5 Å². The number of hydrogen-bond donors (Lipinski definition) is 3. The number of benzene rings is 1. The van der Waals surface area contributed by atoms with Crippen molar-refractivity contribution in [3.05, 3.63) is 34.9 Å². The summed E-state index contributed by atoms with van der Waals surface area (Å²) in [5.74, 6) is -0.695. The van der Waals surface area contributed by atoms with Crippen molar-refractivity contribution in [1.82, 2.24) is 16.0 Å². The van der Waals surface area contributed by atoms with E-state index in [9.17, 15) is 22.8 Å². The zero-order valence-electron chi connectivity index (χ0n) is 13.4. The van der Waals surface area contributed by atoms with Gasteiger partial charge in [0.1, 0.15) is 6.54 Å². The fourth-order valence-electron chi connectivity index (χ4n) is 2.96. The third-order valence-electron chi connectivity index (χ3n) is 4.14. The van der Waals surface area contributed by atoms with Gasteiger partial charge in [-0.3, -0.25) is 15.4 Å². The van der Waals surface area contributed by atoms with Gasteiger partial charge in [0.2, 0.25) is 5.91 Å².